The largest absolute Gasteiger partial charge is 0.381 e. The Kier molecular flexibility index (Phi) is 4.14. The van der Waals surface area contributed by atoms with Gasteiger partial charge in [-0.3, -0.25) is 0 Å². The SMILES string of the molecule is Clc1ccccc1CNc1ccc2c(c1)CCc1ccccc1N2. The summed E-state index contributed by atoms with van der Waals surface area (Å²) in [6.45, 7) is 0.728. The molecule has 3 heteroatoms. The average molecular weight is 335 g/mol. The Bertz CT molecular complexity index is 873. The topological polar surface area (TPSA) is 24.1 Å². The summed E-state index contributed by atoms with van der Waals surface area (Å²) in [4.78, 5) is 0. The van der Waals surface area contributed by atoms with Crippen LogP contribution in [0.1, 0.15) is 16.7 Å². The smallest absolute Gasteiger partial charge is 0.0455 e. The zero-order valence-electron chi connectivity index (χ0n) is 13.4. The van der Waals surface area contributed by atoms with Crippen LogP contribution in [-0.2, 0) is 19.4 Å². The van der Waals surface area contributed by atoms with Crippen molar-refractivity contribution >= 4 is 28.7 Å². The van der Waals surface area contributed by atoms with Crippen LogP contribution in [0.3, 0.4) is 0 Å². The molecule has 24 heavy (non-hydrogen) atoms. The molecule has 0 aromatic heterocycles. The number of hydrogen-bond acceptors (Lipinski definition) is 2. The van der Waals surface area contributed by atoms with Gasteiger partial charge in [0.1, 0.15) is 0 Å². The lowest BCUT2D eigenvalue weighted by Crippen LogP contribution is -2.01. The van der Waals surface area contributed by atoms with Crippen molar-refractivity contribution in [2.24, 2.45) is 0 Å². The van der Waals surface area contributed by atoms with Gasteiger partial charge in [0.2, 0.25) is 0 Å². The van der Waals surface area contributed by atoms with Gasteiger partial charge in [0, 0.05) is 28.6 Å². The lowest BCUT2D eigenvalue weighted by molar-refractivity contribution is 0.976. The van der Waals surface area contributed by atoms with Gasteiger partial charge in [-0.15, -0.1) is 0 Å². The Balaban J connectivity index is 1.53. The third-order valence-corrected chi connectivity index (χ3v) is 4.87. The number of anilines is 3. The molecule has 3 aromatic rings. The molecule has 1 aliphatic rings. The highest BCUT2D eigenvalue weighted by molar-refractivity contribution is 6.31. The maximum atomic E-state index is 6.23. The fraction of sp³-hybridized carbons (Fsp3) is 0.143. The molecule has 0 radical (unpaired) electrons. The first-order valence-corrected chi connectivity index (χ1v) is 8.62. The number of nitrogens with one attached hydrogen (secondary N) is 2. The minimum Gasteiger partial charge on any atom is -0.381 e. The van der Waals surface area contributed by atoms with Gasteiger partial charge >= 0.3 is 0 Å². The van der Waals surface area contributed by atoms with E-state index in [-0.39, 0.29) is 0 Å². The molecule has 0 amide bonds. The summed E-state index contributed by atoms with van der Waals surface area (Å²) in [5, 5.41) is 7.85. The molecule has 4 rings (SSSR count). The van der Waals surface area contributed by atoms with E-state index in [2.05, 4.69) is 59.2 Å². The predicted octanol–water partition coefficient (Wildman–Crippen LogP) is 5.79. The first-order chi connectivity index (χ1) is 11.8. The van der Waals surface area contributed by atoms with E-state index in [4.69, 9.17) is 11.6 Å². The Morgan fingerprint density at radius 2 is 1.58 bits per heavy atom. The van der Waals surface area contributed by atoms with Crippen molar-refractivity contribution in [1.29, 1.82) is 0 Å². The molecule has 0 aliphatic carbocycles. The van der Waals surface area contributed by atoms with Gasteiger partial charge in [-0.2, -0.15) is 0 Å². The minimum absolute atomic E-state index is 0.728. The first kappa shape index (κ1) is 15.1. The molecule has 120 valence electrons. The summed E-state index contributed by atoms with van der Waals surface area (Å²) in [5.74, 6) is 0. The third kappa shape index (κ3) is 3.10. The number of rotatable bonds is 3. The molecule has 0 spiro atoms. The van der Waals surface area contributed by atoms with Crippen molar-refractivity contribution in [3.05, 3.63) is 88.4 Å². The molecule has 3 aromatic carbocycles. The van der Waals surface area contributed by atoms with Gasteiger partial charge < -0.3 is 10.6 Å². The standard InChI is InChI=1S/C21H19ClN2/c22-19-7-3-1-6-17(19)14-23-18-11-12-21-16(13-18)10-9-15-5-2-4-8-20(15)24-21/h1-8,11-13,23-24H,9-10,14H2. The summed E-state index contributed by atoms with van der Waals surface area (Å²) in [7, 11) is 0. The Hall–Kier alpha value is -2.45. The second kappa shape index (κ2) is 6.58. The van der Waals surface area contributed by atoms with Crippen molar-refractivity contribution < 1.29 is 0 Å². The lowest BCUT2D eigenvalue weighted by Gasteiger charge is -2.13. The van der Waals surface area contributed by atoms with Crippen molar-refractivity contribution in [1.82, 2.24) is 0 Å². The molecular formula is C21H19ClN2. The van der Waals surface area contributed by atoms with Crippen LogP contribution in [0.2, 0.25) is 5.02 Å². The monoisotopic (exact) mass is 334 g/mol. The Morgan fingerprint density at radius 3 is 2.50 bits per heavy atom. The Labute approximate surface area is 147 Å². The molecule has 0 atom stereocenters. The molecule has 0 unspecified atom stereocenters. The maximum absolute atomic E-state index is 6.23. The zero-order valence-corrected chi connectivity index (χ0v) is 14.1. The molecule has 1 heterocycles. The Morgan fingerprint density at radius 1 is 0.833 bits per heavy atom. The fourth-order valence-corrected chi connectivity index (χ4v) is 3.35. The van der Waals surface area contributed by atoms with Gasteiger partial charge in [0.15, 0.2) is 0 Å². The van der Waals surface area contributed by atoms with E-state index in [0.717, 1.165) is 35.7 Å². The lowest BCUT2D eigenvalue weighted by atomic mass is 10.0. The fourth-order valence-electron chi connectivity index (χ4n) is 3.15. The van der Waals surface area contributed by atoms with Crippen molar-refractivity contribution in [2.45, 2.75) is 19.4 Å². The van der Waals surface area contributed by atoms with E-state index in [0.29, 0.717) is 0 Å². The second-order valence-corrected chi connectivity index (χ2v) is 6.51. The van der Waals surface area contributed by atoms with Gasteiger partial charge in [0.25, 0.3) is 0 Å². The van der Waals surface area contributed by atoms with Gasteiger partial charge in [-0.05, 0) is 59.9 Å². The number of halogens is 1. The van der Waals surface area contributed by atoms with Crippen LogP contribution < -0.4 is 10.6 Å². The molecule has 1 aliphatic heterocycles. The summed E-state index contributed by atoms with van der Waals surface area (Å²) >= 11 is 6.23. The quantitative estimate of drug-likeness (QED) is 0.633. The summed E-state index contributed by atoms with van der Waals surface area (Å²) in [6.07, 6.45) is 2.10. The van der Waals surface area contributed by atoms with Crippen LogP contribution in [0, 0.1) is 0 Å². The van der Waals surface area contributed by atoms with Crippen molar-refractivity contribution in [3.63, 3.8) is 0 Å². The molecule has 0 bridgehead atoms. The molecular weight excluding hydrogens is 316 g/mol. The van der Waals surface area contributed by atoms with E-state index >= 15 is 0 Å². The van der Waals surface area contributed by atoms with Crippen molar-refractivity contribution in [3.8, 4) is 0 Å². The van der Waals surface area contributed by atoms with Crippen molar-refractivity contribution in [2.75, 3.05) is 10.6 Å². The minimum atomic E-state index is 0.728. The number of benzene rings is 3. The first-order valence-electron chi connectivity index (χ1n) is 8.25. The van der Waals surface area contributed by atoms with E-state index < -0.39 is 0 Å². The van der Waals surface area contributed by atoms with Crippen LogP contribution in [0.4, 0.5) is 17.1 Å². The van der Waals surface area contributed by atoms with Crippen LogP contribution >= 0.6 is 11.6 Å². The van der Waals surface area contributed by atoms with Crippen LogP contribution in [0.5, 0.6) is 0 Å². The number of hydrogen-bond donors (Lipinski definition) is 2. The highest BCUT2D eigenvalue weighted by Gasteiger charge is 2.12. The summed E-state index contributed by atoms with van der Waals surface area (Å²) in [5.41, 5.74) is 7.37. The normalized spacial score (nSPS) is 12.5. The number of para-hydroxylation sites is 1. The predicted molar refractivity (Wildman–Crippen MR) is 102 cm³/mol. The third-order valence-electron chi connectivity index (χ3n) is 4.50. The van der Waals surface area contributed by atoms with E-state index in [1.54, 1.807) is 0 Å². The highest BCUT2D eigenvalue weighted by Crippen LogP contribution is 2.31. The number of fused-ring (bicyclic) bond motifs is 2. The van der Waals surface area contributed by atoms with Gasteiger partial charge in [-0.25, -0.2) is 0 Å². The van der Waals surface area contributed by atoms with E-state index in [9.17, 15) is 0 Å². The van der Waals surface area contributed by atoms with E-state index in [1.165, 1.54) is 22.5 Å². The molecule has 2 nitrogen and oxygen atoms in total. The zero-order chi connectivity index (χ0) is 16.4. The van der Waals surface area contributed by atoms with Gasteiger partial charge in [-0.1, -0.05) is 48.0 Å². The number of aryl methyl sites for hydroxylation is 2. The maximum Gasteiger partial charge on any atom is 0.0455 e. The summed E-state index contributed by atoms with van der Waals surface area (Å²) in [6, 6.07) is 23.0. The molecule has 0 saturated heterocycles. The van der Waals surface area contributed by atoms with Gasteiger partial charge in [0.05, 0.1) is 0 Å². The van der Waals surface area contributed by atoms with Crippen LogP contribution in [0.25, 0.3) is 0 Å². The molecule has 0 saturated carbocycles. The van der Waals surface area contributed by atoms with Crippen LogP contribution in [-0.4, -0.2) is 0 Å². The summed E-state index contributed by atoms with van der Waals surface area (Å²) < 4.78 is 0. The average Bonchev–Trinajstić information content (AvgIpc) is 2.80. The molecule has 2 N–H and O–H groups in total. The van der Waals surface area contributed by atoms with Crippen LogP contribution in [0.15, 0.2) is 66.7 Å². The second-order valence-electron chi connectivity index (χ2n) is 6.10. The highest BCUT2D eigenvalue weighted by atomic mass is 35.5. The van der Waals surface area contributed by atoms with E-state index in [1.807, 2.05) is 18.2 Å². The molecule has 0 fully saturated rings.